The molecule has 0 aliphatic heterocycles. The number of hydrogen-bond acceptors (Lipinski definition) is 6. The molecule has 0 rings (SSSR count). The molecule has 0 aromatic rings. The van der Waals surface area contributed by atoms with Crippen molar-refractivity contribution in [2.75, 3.05) is 13.2 Å². The van der Waals surface area contributed by atoms with E-state index < -0.39 is 23.0 Å². The molecule has 14 heavy (non-hydrogen) atoms. The summed E-state index contributed by atoms with van der Waals surface area (Å²) in [6.07, 6.45) is 2.62. The molecule has 0 atom stereocenters. The Kier molecular flexibility index (Phi) is 8.25. The fourth-order valence-corrected chi connectivity index (χ4v) is 0.735. The van der Waals surface area contributed by atoms with Gasteiger partial charge in [0.15, 0.2) is 0 Å². The molecule has 84 valence electrons. The van der Waals surface area contributed by atoms with Gasteiger partial charge in [0.2, 0.25) is 10.4 Å². The molecule has 0 unspecified atom stereocenters. The number of rotatable bonds is 5. The molecule has 0 amide bonds. The molecule has 0 fully saturated rings. The molecule has 8 heteroatoms. The monoisotopic (exact) mass is 227 g/mol. The maximum atomic E-state index is 10.6. The average molecular weight is 227 g/mol. The van der Waals surface area contributed by atoms with Gasteiger partial charge in [-0.2, -0.15) is 0 Å². The van der Waals surface area contributed by atoms with Gasteiger partial charge in [0.05, 0.1) is 6.61 Å². The van der Waals surface area contributed by atoms with Crippen LogP contribution in [0.25, 0.3) is 0 Å². The Bertz CT molecular complexity index is 283. The van der Waals surface area contributed by atoms with Crippen LogP contribution < -0.4 is 6.15 Å². The summed E-state index contributed by atoms with van der Waals surface area (Å²) in [5.41, 5.74) is 0. The highest BCUT2D eigenvalue weighted by atomic mass is 32.3. The van der Waals surface area contributed by atoms with E-state index in [1.165, 1.54) is 6.08 Å². The van der Waals surface area contributed by atoms with Crippen LogP contribution in [0.2, 0.25) is 0 Å². The minimum absolute atomic E-state index is 0. The van der Waals surface area contributed by atoms with Gasteiger partial charge in [-0.3, -0.25) is 4.18 Å². The van der Waals surface area contributed by atoms with Crippen molar-refractivity contribution in [3.63, 3.8) is 0 Å². The van der Waals surface area contributed by atoms with Crippen molar-refractivity contribution in [3.8, 4) is 0 Å². The van der Waals surface area contributed by atoms with E-state index in [1.54, 1.807) is 6.92 Å². The number of carbonyl (C=O) groups excluding carboxylic acids is 1. The summed E-state index contributed by atoms with van der Waals surface area (Å²) < 4.78 is 37.8. The smallest absolute Gasteiger partial charge is 0.330 e. The Morgan fingerprint density at radius 3 is 2.43 bits per heavy atom. The fourth-order valence-electron chi connectivity index (χ4n) is 0.463. The van der Waals surface area contributed by atoms with Crippen LogP contribution in [0.15, 0.2) is 12.2 Å². The van der Waals surface area contributed by atoms with Crippen molar-refractivity contribution in [1.82, 2.24) is 6.15 Å². The summed E-state index contributed by atoms with van der Waals surface area (Å²) in [6, 6.07) is 0. The van der Waals surface area contributed by atoms with E-state index in [-0.39, 0.29) is 12.8 Å². The average Bonchev–Trinajstić information content (AvgIpc) is 1.97. The molecule has 0 radical (unpaired) electrons. The number of quaternary nitrogens is 1. The normalized spacial score (nSPS) is 11.0. The van der Waals surface area contributed by atoms with Crippen molar-refractivity contribution < 1.29 is 26.7 Å². The summed E-state index contributed by atoms with van der Waals surface area (Å²) in [6.45, 7) is 0.889. The molecule has 0 aliphatic rings. The maximum absolute atomic E-state index is 10.6. The van der Waals surface area contributed by atoms with Crippen LogP contribution in [0, 0.1) is 0 Å². The van der Waals surface area contributed by atoms with Gasteiger partial charge in [0.25, 0.3) is 0 Å². The number of carbonyl (C=O) groups is 1. The molecule has 0 bridgehead atoms. The van der Waals surface area contributed by atoms with Crippen molar-refractivity contribution in [2.24, 2.45) is 0 Å². The van der Waals surface area contributed by atoms with E-state index in [2.05, 4.69) is 8.92 Å². The second-order valence-electron chi connectivity index (χ2n) is 1.90. The second-order valence-corrected chi connectivity index (χ2v) is 2.95. The van der Waals surface area contributed by atoms with E-state index in [1.807, 2.05) is 0 Å². The van der Waals surface area contributed by atoms with Crippen LogP contribution in [0.1, 0.15) is 6.92 Å². The molecular formula is C6H13NO6S. The first-order valence-electron chi connectivity index (χ1n) is 3.35. The lowest BCUT2D eigenvalue weighted by atomic mass is 10.5. The Balaban J connectivity index is 0. The minimum atomic E-state index is -4.69. The van der Waals surface area contributed by atoms with Gasteiger partial charge in [-0.15, -0.1) is 0 Å². The van der Waals surface area contributed by atoms with Crippen molar-refractivity contribution in [3.05, 3.63) is 12.2 Å². The van der Waals surface area contributed by atoms with Crippen molar-refractivity contribution >= 4 is 16.4 Å². The standard InChI is InChI=1S/C6H10O6S.H3N/c1-2-3-6(7)11-4-5-12-13(8,9)10;/h2-3H,4-5H2,1H3,(H,8,9,10);1H3. The van der Waals surface area contributed by atoms with Gasteiger partial charge >= 0.3 is 5.97 Å². The first kappa shape index (κ1) is 15.5. The molecule has 0 aliphatic carbocycles. The molecule has 0 saturated heterocycles. The summed E-state index contributed by atoms with van der Waals surface area (Å²) >= 11 is 0. The predicted molar refractivity (Wildman–Crippen MR) is 47.4 cm³/mol. The lowest BCUT2D eigenvalue weighted by Gasteiger charge is -2.06. The Labute approximate surface area is 82.2 Å². The number of esters is 1. The van der Waals surface area contributed by atoms with Crippen LogP contribution in [0.5, 0.6) is 0 Å². The summed E-state index contributed by atoms with van der Waals surface area (Å²) in [4.78, 5) is 10.6. The quantitative estimate of drug-likeness (QED) is 0.230. The second kappa shape index (κ2) is 7.44. The Morgan fingerprint density at radius 1 is 1.43 bits per heavy atom. The first-order chi connectivity index (χ1) is 5.95. The molecule has 0 aromatic heterocycles. The zero-order valence-corrected chi connectivity index (χ0v) is 8.74. The molecular weight excluding hydrogens is 214 g/mol. The zero-order chi connectivity index (χ0) is 10.3. The molecule has 0 spiro atoms. The number of hydrogen-bond donors (Lipinski definition) is 1. The Hall–Kier alpha value is -0.960. The van der Waals surface area contributed by atoms with Crippen LogP contribution in [0.4, 0.5) is 0 Å². The van der Waals surface area contributed by atoms with E-state index >= 15 is 0 Å². The lowest BCUT2D eigenvalue weighted by molar-refractivity contribution is -0.138. The van der Waals surface area contributed by atoms with Crippen LogP contribution in [0.3, 0.4) is 0 Å². The van der Waals surface area contributed by atoms with E-state index in [0.717, 1.165) is 6.08 Å². The van der Waals surface area contributed by atoms with E-state index in [4.69, 9.17) is 0 Å². The third-order valence-electron chi connectivity index (χ3n) is 0.858. The Morgan fingerprint density at radius 2 is 2.00 bits per heavy atom. The van der Waals surface area contributed by atoms with Crippen LogP contribution in [-0.4, -0.2) is 32.2 Å². The molecule has 0 saturated carbocycles. The highest BCUT2D eigenvalue weighted by Crippen LogP contribution is 1.87. The van der Waals surface area contributed by atoms with E-state index in [0.29, 0.717) is 0 Å². The predicted octanol–water partition coefficient (Wildman–Crippen LogP) is -0.0413. The van der Waals surface area contributed by atoms with Crippen molar-refractivity contribution in [2.45, 2.75) is 6.92 Å². The number of allylic oxidation sites excluding steroid dienone is 1. The van der Waals surface area contributed by atoms with Crippen LogP contribution >= 0.6 is 0 Å². The van der Waals surface area contributed by atoms with E-state index in [9.17, 15) is 17.8 Å². The van der Waals surface area contributed by atoms with Gasteiger partial charge in [-0.25, -0.2) is 13.2 Å². The van der Waals surface area contributed by atoms with Gasteiger partial charge in [0.1, 0.15) is 6.61 Å². The lowest BCUT2D eigenvalue weighted by Crippen LogP contribution is -2.12. The molecule has 0 heterocycles. The highest BCUT2D eigenvalue weighted by molar-refractivity contribution is 7.80. The maximum Gasteiger partial charge on any atom is 0.330 e. The topological polar surface area (TPSA) is 129 Å². The summed E-state index contributed by atoms with van der Waals surface area (Å²) in [5.74, 6) is -0.616. The third kappa shape index (κ3) is 11.0. The first-order valence-corrected chi connectivity index (χ1v) is 4.68. The van der Waals surface area contributed by atoms with Gasteiger partial charge in [-0.1, -0.05) is 6.08 Å². The van der Waals surface area contributed by atoms with Crippen molar-refractivity contribution in [1.29, 1.82) is 0 Å². The summed E-state index contributed by atoms with van der Waals surface area (Å²) in [7, 11) is -4.69. The van der Waals surface area contributed by atoms with Crippen LogP contribution in [-0.2, 0) is 24.1 Å². The SMILES string of the molecule is CC=CC(=O)OCCOS(=O)(=O)[O-].[NH4+]. The van der Waals surface area contributed by atoms with Gasteiger partial charge < -0.3 is 15.4 Å². The largest absolute Gasteiger partial charge is 0.726 e. The zero-order valence-electron chi connectivity index (χ0n) is 7.93. The molecule has 4 N–H and O–H groups in total. The number of ether oxygens (including phenoxy) is 1. The molecule has 0 aromatic carbocycles. The third-order valence-corrected chi connectivity index (χ3v) is 1.31. The van der Waals surface area contributed by atoms with Gasteiger partial charge in [0, 0.05) is 6.08 Å². The highest BCUT2D eigenvalue weighted by Gasteiger charge is 1.97. The summed E-state index contributed by atoms with van der Waals surface area (Å²) in [5, 5.41) is 0. The van der Waals surface area contributed by atoms with Gasteiger partial charge in [-0.05, 0) is 6.92 Å². The fraction of sp³-hybridized carbons (Fsp3) is 0.500. The molecule has 7 nitrogen and oxygen atoms in total. The minimum Gasteiger partial charge on any atom is -0.726 e.